The summed E-state index contributed by atoms with van der Waals surface area (Å²) < 4.78 is 6.23. The third-order valence-corrected chi connectivity index (χ3v) is 4.74. The summed E-state index contributed by atoms with van der Waals surface area (Å²) in [4.78, 5) is 2.28. The number of nitrogens with zero attached hydrogens (tertiary/aromatic N) is 2. The third-order valence-electron chi connectivity index (χ3n) is 4.12. The second-order valence-electron chi connectivity index (χ2n) is 5.70. The van der Waals surface area contributed by atoms with Crippen molar-refractivity contribution in [1.82, 2.24) is 4.90 Å². The highest BCUT2D eigenvalue weighted by atomic mass is 79.9. The molecule has 0 bridgehead atoms. The molecule has 1 saturated carbocycles. The molecule has 0 N–H and O–H groups in total. The van der Waals surface area contributed by atoms with Crippen LogP contribution < -0.4 is 4.74 Å². The van der Waals surface area contributed by atoms with Gasteiger partial charge in [0, 0.05) is 13.1 Å². The van der Waals surface area contributed by atoms with Crippen molar-refractivity contribution in [3.05, 3.63) is 28.2 Å². The van der Waals surface area contributed by atoms with E-state index in [1.165, 1.54) is 12.0 Å². The highest BCUT2D eigenvalue weighted by Crippen LogP contribution is 2.40. The Hall–Kier alpha value is -1.05. The molecule has 1 aromatic carbocycles. The first-order valence-electron chi connectivity index (χ1n) is 7.01. The lowest BCUT2D eigenvalue weighted by molar-refractivity contribution is 0.139. The van der Waals surface area contributed by atoms with Crippen LogP contribution in [-0.2, 0) is 6.42 Å². The molecule has 0 heterocycles. The minimum Gasteiger partial charge on any atom is -0.496 e. The zero-order chi connectivity index (χ0) is 14.6. The predicted octanol–water partition coefficient (Wildman–Crippen LogP) is 3.63. The van der Waals surface area contributed by atoms with Crippen LogP contribution in [0.15, 0.2) is 22.7 Å². The molecule has 0 aromatic heterocycles. The Morgan fingerprint density at radius 3 is 2.70 bits per heavy atom. The fraction of sp³-hybridized carbons (Fsp3) is 0.562. The minimum atomic E-state index is -0.0742. The summed E-state index contributed by atoms with van der Waals surface area (Å²) in [5, 5.41) is 9.27. The van der Waals surface area contributed by atoms with Crippen molar-refractivity contribution >= 4 is 15.9 Å². The Morgan fingerprint density at radius 1 is 1.45 bits per heavy atom. The summed E-state index contributed by atoms with van der Waals surface area (Å²) in [6.45, 7) is 1.86. The molecule has 0 amide bonds. The van der Waals surface area contributed by atoms with Gasteiger partial charge in [-0.1, -0.05) is 12.5 Å². The fourth-order valence-electron chi connectivity index (χ4n) is 2.69. The maximum Gasteiger partial charge on any atom is 0.133 e. The Morgan fingerprint density at radius 2 is 2.20 bits per heavy atom. The van der Waals surface area contributed by atoms with Gasteiger partial charge in [-0.05, 0) is 59.9 Å². The molecular weight excluding hydrogens is 316 g/mol. The lowest BCUT2D eigenvalue weighted by atomic mass is 9.69. The predicted molar refractivity (Wildman–Crippen MR) is 83.8 cm³/mol. The molecule has 0 saturated heterocycles. The number of likely N-dealkylation sites (N-methyl/N-ethyl adjacent to an activating group) is 1. The van der Waals surface area contributed by atoms with E-state index in [4.69, 9.17) is 4.74 Å². The van der Waals surface area contributed by atoms with Crippen LogP contribution in [0.25, 0.3) is 0 Å². The van der Waals surface area contributed by atoms with Crippen molar-refractivity contribution in [3.8, 4) is 11.8 Å². The van der Waals surface area contributed by atoms with Crippen LogP contribution in [0, 0.1) is 16.7 Å². The van der Waals surface area contributed by atoms with Gasteiger partial charge in [0.2, 0.25) is 0 Å². The van der Waals surface area contributed by atoms with E-state index in [9.17, 15) is 5.26 Å². The number of hydrogen-bond donors (Lipinski definition) is 0. The smallest absolute Gasteiger partial charge is 0.133 e. The number of benzene rings is 1. The van der Waals surface area contributed by atoms with Crippen molar-refractivity contribution in [1.29, 1.82) is 5.26 Å². The summed E-state index contributed by atoms with van der Waals surface area (Å²) in [6.07, 6.45) is 4.30. The van der Waals surface area contributed by atoms with Crippen molar-refractivity contribution in [3.63, 3.8) is 0 Å². The molecule has 108 valence electrons. The highest BCUT2D eigenvalue weighted by Gasteiger charge is 2.37. The Labute approximate surface area is 129 Å². The number of methoxy groups -OCH3 is 1. The molecule has 0 unspecified atom stereocenters. The first-order chi connectivity index (χ1) is 9.58. The van der Waals surface area contributed by atoms with E-state index in [1.54, 1.807) is 7.11 Å². The quantitative estimate of drug-likeness (QED) is 0.795. The summed E-state index contributed by atoms with van der Waals surface area (Å²) in [6, 6.07) is 8.70. The maximum absolute atomic E-state index is 9.27. The molecule has 1 fully saturated rings. The first-order valence-corrected chi connectivity index (χ1v) is 7.80. The standard InChI is InChI=1S/C16H21BrN2O/c1-19(12-16(11-18)7-3-8-16)9-6-13-4-5-15(20-2)14(17)10-13/h4-5,10H,3,6-9,12H2,1-2H3. The van der Waals surface area contributed by atoms with Gasteiger partial charge < -0.3 is 9.64 Å². The molecular formula is C16H21BrN2O. The normalized spacial score (nSPS) is 16.6. The van der Waals surface area contributed by atoms with Gasteiger partial charge in [-0.15, -0.1) is 0 Å². The fourth-order valence-corrected chi connectivity index (χ4v) is 3.28. The minimum absolute atomic E-state index is 0.0742. The van der Waals surface area contributed by atoms with E-state index in [1.807, 2.05) is 6.07 Å². The lowest BCUT2D eigenvalue weighted by Gasteiger charge is -2.38. The number of nitriles is 1. The third kappa shape index (κ3) is 3.53. The zero-order valence-electron chi connectivity index (χ0n) is 12.2. The van der Waals surface area contributed by atoms with Gasteiger partial charge in [-0.3, -0.25) is 0 Å². The second-order valence-corrected chi connectivity index (χ2v) is 6.56. The van der Waals surface area contributed by atoms with E-state index in [-0.39, 0.29) is 5.41 Å². The Bertz CT molecular complexity index is 506. The van der Waals surface area contributed by atoms with Gasteiger partial charge >= 0.3 is 0 Å². The van der Waals surface area contributed by atoms with Crippen LogP contribution in [-0.4, -0.2) is 32.1 Å². The van der Waals surface area contributed by atoms with E-state index in [0.29, 0.717) is 0 Å². The SMILES string of the molecule is COc1ccc(CCN(C)CC2(C#N)CCC2)cc1Br. The molecule has 0 aliphatic heterocycles. The molecule has 1 aromatic rings. The average Bonchev–Trinajstić information content (AvgIpc) is 2.41. The summed E-state index contributed by atoms with van der Waals surface area (Å²) in [7, 11) is 3.78. The second kappa shape index (κ2) is 6.60. The maximum atomic E-state index is 9.27. The average molecular weight is 337 g/mol. The molecule has 0 spiro atoms. The van der Waals surface area contributed by atoms with E-state index in [2.05, 4.69) is 46.1 Å². The van der Waals surface area contributed by atoms with E-state index < -0.39 is 0 Å². The van der Waals surface area contributed by atoms with Crippen LogP contribution >= 0.6 is 15.9 Å². The highest BCUT2D eigenvalue weighted by molar-refractivity contribution is 9.10. The molecule has 1 aliphatic carbocycles. The van der Waals surface area contributed by atoms with Gasteiger partial charge in [0.15, 0.2) is 0 Å². The van der Waals surface area contributed by atoms with Crippen LogP contribution in [0.5, 0.6) is 5.75 Å². The van der Waals surface area contributed by atoms with Gasteiger partial charge in [0.05, 0.1) is 23.1 Å². The molecule has 2 rings (SSSR count). The molecule has 3 nitrogen and oxygen atoms in total. The largest absolute Gasteiger partial charge is 0.496 e. The van der Waals surface area contributed by atoms with Gasteiger partial charge in [0.25, 0.3) is 0 Å². The number of hydrogen-bond acceptors (Lipinski definition) is 3. The van der Waals surface area contributed by atoms with Crippen molar-refractivity contribution < 1.29 is 4.74 Å². The Kier molecular flexibility index (Phi) is 5.06. The van der Waals surface area contributed by atoms with Crippen molar-refractivity contribution in [2.75, 3.05) is 27.2 Å². The summed E-state index contributed by atoms with van der Waals surface area (Å²) in [5.41, 5.74) is 1.21. The Balaban J connectivity index is 1.86. The van der Waals surface area contributed by atoms with Crippen LogP contribution in [0.4, 0.5) is 0 Å². The lowest BCUT2D eigenvalue weighted by Crippen LogP contribution is -2.40. The van der Waals surface area contributed by atoms with Gasteiger partial charge in [0.1, 0.15) is 5.75 Å². The summed E-state index contributed by atoms with van der Waals surface area (Å²) in [5.74, 6) is 0.861. The topological polar surface area (TPSA) is 36.3 Å². The molecule has 4 heteroatoms. The van der Waals surface area contributed by atoms with E-state index in [0.717, 1.165) is 42.6 Å². The molecule has 1 aliphatic rings. The van der Waals surface area contributed by atoms with Gasteiger partial charge in [-0.25, -0.2) is 0 Å². The molecule has 20 heavy (non-hydrogen) atoms. The number of ether oxygens (including phenoxy) is 1. The van der Waals surface area contributed by atoms with Crippen LogP contribution in [0.1, 0.15) is 24.8 Å². The van der Waals surface area contributed by atoms with Crippen LogP contribution in [0.2, 0.25) is 0 Å². The van der Waals surface area contributed by atoms with E-state index >= 15 is 0 Å². The van der Waals surface area contributed by atoms with Crippen molar-refractivity contribution in [2.45, 2.75) is 25.7 Å². The zero-order valence-corrected chi connectivity index (χ0v) is 13.7. The monoisotopic (exact) mass is 336 g/mol. The van der Waals surface area contributed by atoms with Crippen molar-refractivity contribution in [2.24, 2.45) is 5.41 Å². The molecule has 0 atom stereocenters. The number of halogens is 1. The van der Waals surface area contributed by atoms with Crippen LogP contribution in [0.3, 0.4) is 0 Å². The first kappa shape index (κ1) is 15.3. The molecule has 0 radical (unpaired) electrons. The number of rotatable bonds is 6. The summed E-state index contributed by atoms with van der Waals surface area (Å²) >= 11 is 3.51. The van der Waals surface area contributed by atoms with Gasteiger partial charge in [-0.2, -0.15) is 5.26 Å².